The molecule has 40 heavy (non-hydrogen) atoms. The van der Waals surface area contributed by atoms with Crippen LogP contribution in [0.2, 0.25) is 0 Å². The molecule has 3 N–H and O–H groups in total. The van der Waals surface area contributed by atoms with E-state index in [1.807, 2.05) is 60.7 Å². The molecule has 0 fully saturated rings. The largest absolute Gasteiger partial charge is 0.508 e. The fraction of sp³-hybridized carbons (Fsp3) is 0.100. The van der Waals surface area contributed by atoms with Gasteiger partial charge in [-0.05, 0) is 102 Å². The Labute approximate surface area is 256 Å². The van der Waals surface area contributed by atoms with Crippen LogP contribution in [0, 0.1) is 0 Å². The zero-order chi connectivity index (χ0) is 28.5. The third-order valence-electron chi connectivity index (χ3n) is 5.49. The maximum atomic E-state index is 9.15. The van der Waals surface area contributed by atoms with Gasteiger partial charge in [0.2, 0.25) is 0 Å². The number of nitrogens with zero attached hydrogens (tertiary/aromatic N) is 3. The van der Waals surface area contributed by atoms with E-state index in [0.717, 1.165) is 57.6 Å². The number of pyridine rings is 3. The molecule has 7 nitrogen and oxygen atoms in total. The summed E-state index contributed by atoms with van der Waals surface area (Å²) < 4.78 is 13.3. The molecule has 0 aliphatic heterocycles. The number of hydrogen-bond acceptors (Lipinski definition) is 7. The maximum absolute atomic E-state index is 9.15. The Balaban J connectivity index is 0.000000141. The first-order valence-electron chi connectivity index (χ1n) is 12.0. The minimum absolute atomic E-state index is 0.248. The second-order valence-electron chi connectivity index (χ2n) is 8.49. The molecule has 0 radical (unpaired) electrons. The summed E-state index contributed by atoms with van der Waals surface area (Å²) >= 11 is 10.1. The van der Waals surface area contributed by atoms with Crippen molar-refractivity contribution in [2.45, 2.75) is 0 Å². The van der Waals surface area contributed by atoms with Crippen molar-refractivity contribution in [3.05, 3.63) is 105 Å². The van der Waals surface area contributed by atoms with Gasteiger partial charge in [0.15, 0.2) is 0 Å². The topological polar surface area (TPSA) is 103 Å². The van der Waals surface area contributed by atoms with E-state index in [0.29, 0.717) is 13.2 Å². The summed E-state index contributed by atoms with van der Waals surface area (Å²) in [5.74, 6) is 1.07. The summed E-state index contributed by atoms with van der Waals surface area (Å²) in [6, 6.07) is 22.7. The number of halogens is 3. The van der Waals surface area contributed by atoms with Crippen molar-refractivity contribution in [2.24, 2.45) is 0 Å². The lowest BCUT2D eigenvalue weighted by atomic mass is 10.2. The first-order chi connectivity index (χ1) is 19.3. The van der Waals surface area contributed by atoms with Crippen molar-refractivity contribution < 1.29 is 14.6 Å². The van der Waals surface area contributed by atoms with Crippen molar-refractivity contribution in [3.8, 4) is 11.5 Å². The molecular weight excluding hydrogens is 704 g/mol. The molecule has 0 unspecified atom stereocenters. The summed E-state index contributed by atoms with van der Waals surface area (Å²) in [6.45, 7) is 1.14. The molecule has 0 aliphatic carbocycles. The Kier molecular flexibility index (Phi) is 10.7. The highest BCUT2D eigenvalue weighted by molar-refractivity contribution is 9.11. The molecule has 0 spiro atoms. The first kappa shape index (κ1) is 29.7. The summed E-state index contributed by atoms with van der Waals surface area (Å²) in [5, 5.41) is 12.4. The van der Waals surface area contributed by atoms with Gasteiger partial charge in [-0.15, -0.1) is 0 Å². The summed E-state index contributed by atoms with van der Waals surface area (Å²) in [5.41, 5.74) is 9.02. The number of ether oxygens (including phenoxy) is 2. The average Bonchev–Trinajstić information content (AvgIpc) is 2.94. The van der Waals surface area contributed by atoms with E-state index in [-0.39, 0.29) is 5.75 Å². The van der Waals surface area contributed by atoms with Crippen LogP contribution in [0.15, 0.2) is 105 Å². The van der Waals surface area contributed by atoms with E-state index in [1.54, 1.807) is 37.8 Å². The van der Waals surface area contributed by atoms with Gasteiger partial charge in [-0.25, -0.2) is 0 Å². The zero-order valence-electron chi connectivity index (χ0n) is 21.4. The number of nitrogens with two attached hydrogens (primary N) is 1. The quantitative estimate of drug-likeness (QED) is 0.139. The third-order valence-corrected chi connectivity index (χ3v) is 6.79. The van der Waals surface area contributed by atoms with Crippen LogP contribution in [0.3, 0.4) is 0 Å². The van der Waals surface area contributed by atoms with Gasteiger partial charge >= 0.3 is 0 Å². The van der Waals surface area contributed by atoms with E-state index in [9.17, 15) is 0 Å². The fourth-order valence-electron chi connectivity index (χ4n) is 3.60. The lowest BCUT2D eigenvalue weighted by Crippen LogP contribution is -2.04. The number of methoxy groups -OCH3 is 1. The molecule has 0 saturated heterocycles. The number of fused-ring (bicyclic) bond motifs is 3. The Morgan fingerprint density at radius 2 is 1.15 bits per heavy atom. The summed E-state index contributed by atoms with van der Waals surface area (Å²) in [4.78, 5) is 12.7. The molecule has 204 valence electrons. The van der Waals surface area contributed by atoms with Crippen molar-refractivity contribution in [3.63, 3.8) is 0 Å². The van der Waals surface area contributed by atoms with Gasteiger partial charge in [0.25, 0.3) is 0 Å². The number of phenols is 1. The number of phenolic OH excluding ortho intramolecular Hbond substituents is 1. The predicted molar refractivity (Wildman–Crippen MR) is 172 cm³/mol. The Bertz CT molecular complexity index is 1590. The number of anilines is 1. The van der Waals surface area contributed by atoms with E-state index in [2.05, 4.69) is 62.7 Å². The van der Waals surface area contributed by atoms with Crippen LogP contribution in [-0.2, 0) is 4.74 Å². The van der Waals surface area contributed by atoms with Gasteiger partial charge in [0.1, 0.15) is 18.1 Å². The second kappa shape index (κ2) is 14.4. The van der Waals surface area contributed by atoms with Crippen LogP contribution >= 0.6 is 47.8 Å². The van der Waals surface area contributed by atoms with Gasteiger partial charge < -0.3 is 20.3 Å². The standard InChI is InChI=1S/C12H12BrNO2.C9H7BrN2.C9H6BrNO/c1-15-4-5-16-11-3-2-9-6-10(13)8-14-12(9)7-11;10-7-3-6-1-2-8(11)4-9(6)12-5-7;10-7-3-6-1-2-8(12)4-9(6)11-5-7/h2-3,6-8H,4-5H2,1H3;1-5H,11H2;1-5,12H. The highest BCUT2D eigenvalue weighted by Gasteiger charge is 2.00. The number of nitrogen functional groups attached to an aromatic ring is 1. The minimum Gasteiger partial charge on any atom is -0.508 e. The number of rotatable bonds is 4. The fourth-order valence-corrected chi connectivity index (χ4v) is 4.65. The molecule has 3 aromatic carbocycles. The minimum atomic E-state index is 0.248. The van der Waals surface area contributed by atoms with Gasteiger partial charge in [0, 0.05) is 73.1 Å². The van der Waals surface area contributed by atoms with Gasteiger partial charge in [-0.1, -0.05) is 6.07 Å². The van der Waals surface area contributed by atoms with Crippen LogP contribution < -0.4 is 10.5 Å². The smallest absolute Gasteiger partial charge is 0.121 e. The zero-order valence-corrected chi connectivity index (χ0v) is 26.1. The molecule has 0 aliphatic rings. The molecule has 3 heterocycles. The maximum Gasteiger partial charge on any atom is 0.121 e. The third kappa shape index (κ3) is 8.59. The molecule has 0 atom stereocenters. The van der Waals surface area contributed by atoms with Crippen LogP contribution in [0.5, 0.6) is 11.5 Å². The Hall–Kier alpha value is -3.31. The molecule has 0 bridgehead atoms. The van der Waals surface area contributed by atoms with Crippen LogP contribution in [0.4, 0.5) is 5.69 Å². The highest BCUT2D eigenvalue weighted by Crippen LogP contribution is 2.23. The predicted octanol–water partition coefficient (Wildman–Crippen LogP) is 8.30. The van der Waals surface area contributed by atoms with E-state index < -0.39 is 0 Å². The van der Waals surface area contributed by atoms with Crippen molar-refractivity contribution in [1.29, 1.82) is 0 Å². The number of aromatic hydroxyl groups is 1. The molecule has 6 rings (SSSR count). The summed E-state index contributed by atoms with van der Waals surface area (Å²) in [6.07, 6.45) is 5.25. The van der Waals surface area contributed by atoms with E-state index in [1.165, 1.54) is 0 Å². The lowest BCUT2D eigenvalue weighted by Gasteiger charge is -2.06. The molecule has 3 aromatic heterocycles. The second-order valence-corrected chi connectivity index (χ2v) is 11.2. The SMILES string of the molecule is COCCOc1ccc2cc(Br)cnc2c1.Nc1ccc2cc(Br)cnc2c1.Oc1ccc2cc(Br)cnc2c1. The van der Waals surface area contributed by atoms with Crippen molar-refractivity contribution >= 4 is 86.2 Å². The molecule has 0 amide bonds. The van der Waals surface area contributed by atoms with Crippen LogP contribution in [0.1, 0.15) is 0 Å². The molecular formula is C30H25Br3N4O3. The normalized spacial score (nSPS) is 10.5. The average molecular weight is 729 g/mol. The number of hydrogen-bond donors (Lipinski definition) is 2. The van der Waals surface area contributed by atoms with E-state index in [4.69, 9.17) is 20.3 Å². The van der Waals surface area contributed by atoms with Gasteiger partial charge in [-0.3, -0.25) is 15.0 Å². The molecule has 6 aromatic rings. The van der Waals surface area contributed by atoms with Crippen molar-refractivity contribution in [2.75, 3.05) is 26.1 Å². The lowest BCUT2D eigenvalue weighted by molar-refractivity contribution is 0.146. The Morgan fingerprint density at radius 1 is 0.650 bits per heavy atom. The monoisotopic (exact) mass is 726 g/mol. The molecule has 0 saturated carbocycles. The number of aromatic nitrogens is 3. The van der Waals surface area contributed by atoms with Gasteiger partial charge in [-0.2, -0.15) is 0 Å². The van der Waals surface area contributed by atoms with Gasteiger partial charge in [0.05, 0.1) is 23.2 Å². The first-order valence-corrected chi connectivity index (χ1v) is 14.4. The van der Waals surface area contributed by atoms with Crippen LogP contribution in [-0.4, -0.2) is 40.4 Å². The Morgan fingerprint density at radius 3 is 1.73 bits per heavy atom. The number of benzene rings is 3. The van der Waals surface area contributed by atoms with E-state index >= 15 is 0 Å². The molecule has 10 heteroatoms. The van der Waals surface area contributed by atoms with Crippen LogP contribution in [0.25, 0.3) is 32.7 Å². The van der Waals surface area contributed by atoms with Crippen molar-refractivity contribution in [1.82, 2.24) is 15.0 Å². The highest BCUT2D eigenvalue weighted by atomic mass is 79.9. The summed E-state index contributed by atoms with van der Waals surface area (Å²) in [7, 11) is 1.66.